The van der Waals surface area contributed by atoms with Crippen molar-refractivity contribution in [1.29, 1.82) is 0 Å². The Balaban J connectivity index is 1.46. The molecule has 0 radical (unpaired) electrons. The van der Waals surface area contributed by atoms with Crippen molar-refractivity contribution in [2.45, 2.75) is 45.3 Å². The molecule has 2 aromatic rings. The number of nitrogens with zero attached hydrogens (tertiary/aromatic N) is 2. The van der Waals surface area contributed by atoms with Gasteiger partial charge in [-0.3, -0.25) is 14.5 Å². The van der Waals surface area contributed by atoms with Gasteiger partial charge >= 0.3 is 5.97 Å². The molecule has 0 spiro atoms. The number of hydrogen-bond donors (Lipinski definition) is 0. The van der Waals surface area contributed by atoms with Crippen molar-refractivity contribution in [1.82, 2.24) is 9.88 Å². The molecule has 1 saturated heterocycles. The highest BCUT2D eigenvalue weighted by Crippen LogP contribution is 2.39. The number of ether oxygens (including phenoxy) is 1. The van der Waals surface area contributed by atoms with E-state index in [4.69, 9.17) is 16.3 Å². The van der Waals surface area contributed by atoms with Crippen LogP contribution in [0.5, 0.6) is 0 Å². The third-order valence-electron chi connectivity index (χ3n) is 5.72. The summed E-state index contributed by atoms with van der Waals surface area (Å²) in [6.45, 7) is 1.47. The molecule has 1 aliphatic heterocycles. The van der Waals surface area contributed by atoms with E-state index in [1.807, 2.05) is 30.3 Å². The number of likely N-dealkylation sites (tertiary alicyclic amines) is 1. The number of carbonyl (C=O) groups is 3. The smallest absolute Gasteiger partial charge is 0.329 e. The second kappa shape index (κ2) is 7.51. The number of hydrogen-bond acceptors (Lipinski definition) is 5. The Bertz CT molecular complexity index is 937. The Morgan fingerprint density at radius 2 is 1.86 bits per heavy atom. The molecule has 0 bridgehead atoms. The number of para-hydroxylation sites is 1. The summed E-state index contributed by atoms with van der Waals surface area (Å²) >= 11 is 6.20. The number of benzene rings is 1. The zero-order valence-corrected chi connectivity index (χ0v) is 16.3. The van der Waals surface area contributed by atoms with Crippen molar-refractivity contribution < 1.29 is 19.1 Å². The Labute approximate surface area is 167 Å². The van der Waals surface area contributed by atoms with Gasteiger partial charge in [0, 0.05) is 10.9 Å². The van der Waals surface area contributed by atoms with Crippen molar-refractivity contribution >= 4 is 40.3 Å². The molecule has 2 aliphatic rings. The maximum Gasteiger partial charge on any atom is 0.329 e. The van der Waals surface area contributed by atoms with Crippen LogP contribution < -0.4 is 0 Å². The van der Waals surface area contributed by atoms with E-state index in [0.29, 0.717) is 18.4 Å². The topological polar surface area (TPSA) is 76.6 Å². The largest absolute Gasteiger partial charge is 0.459 e. The first-order valence-electron chi connectivity index (χ1n) is 9.55. The normalized spacial score (nSPS) is 23.0. The molecule has 146 valence electrons. The first-order valence-corrected chi connectivity index (χ1v) is 9.93. The van der Waals surface area contributed by atoms with Crippen molar-refractivity contribution in [2.24, 2.45) is 11.8 Å². The quantitative estimate of drug-likeness (QED) is 0.446. The average molecular weight is 401 g/mol. The van der Waals surface area contributed by atoms with Crippen molar-refractivity contribution in [3.63, 3.8) is 0 Å². The number of carbonyl (C=O) groups excluding carboxylic acids is 3. The van der Waals surface area contributed by atoms with Gasteiger partial charge in [-0.25, -0.2) is 9.78 Å². The molecule has 2 heterocycles. The van der Waals surface area contributed by atoms with Gasteiger partial charge in [-0.05, 0) is 31.9 Å². The van der Waals surface area contributed by atoms with Crippen LogP contribution in [0.2, 0.25) is 5.15 Å². The minimum Gasteiger partial charge on any atom is -0.459 e. The summed E-state index contributed by atoms with van der Waals surface area (Å²) in [6, 6.07) is 8.38. The lowest BCUT2D eigenvalue weighted by molar-refractivity contribution is -0.159. The molecule has 28 heavy (non-hydrogen) atoms. The SMILES string of the molecule is C[C@@H](C(=O)OCc1cc2ccccc2nc1Cl)N1C(=O)[C@H]2CCCC[C@@H]2C1=O. The molecule has 2 fully saturated rings. The summed E-state index contributed by atoms with van der Waals surface area (Å²) in [6.07, 6.45) is 3.32. The molecular formula is C21H21ClN2O4. The highest BCUT2D eigenvalue weighted by Gasteiger charge is 2.51. The summed E-state index contributed by atoms with van der Waals surface area (Å²) in [5.74, 6) is -1.68. The monoisotopic (exact) mass is 400 g/mol. The Morgan fingerprint density at radius 1 is 1.21 bits per heavy atom. The molecule has 1 aliphatic carbocycles. The summed E-state index contributed by atoms with van der Waals surface area (Å²) < 4.78 is 5.37. The van der Waals surface area contributed by atoms with E-state index in [1.165, 1.54) is 6.92 Å². The molecular weight excluding hydrogens is 380 g/mol. The lowest BCUT2D eigenvalue weighted by Crippen LogP contribution is -2.44. The van der Waals surface area contributed by atoms with Crippen LogP contribution in [0.15, 0.2) is 30.3 Å². The van der Waals surface area contributed by atoms with E-state index in [1.54, 1.807) is 0 Å². The zero-order chi connectivity index (χ0) is 19.8. The van der Waals surface area contributed by atoms with Gasteiger partial charge in [0.05, 0.1) is 17.4 Å². The number of fused-ring (bicyclic) bond motifs is 2. The van der Waals surface area contributed by atoms with Crippen LogP contribution in [0, 0.1) is 11.8 Å². The van der Waals surface area contributed by atoms with Gasteiger partial charge in [-0.15, -0.1) is 0 Å². The Kier molecular flexibility index (Phi) is 5.06. The minimum absolute atomic E-state index is 0.0665. The fourth-order valence-electron chi connectivity index (χ4n) is 4.18. The second-order valence-corrected chi connectivity index (χ2v) is 7.82. The maximum atomic E-state index is 12.6. The molecule has 4 rings (SSSR count). The average Bonchev–Trinajstić information content (AvgIpc) is 2.96. The van der Waals surface area contributed by atoms with Crippen LogP contribution >= 0.6 is 11.6 Å². The summed E-state index contributed by atoms with van der Waals surface area (Å²) in [7, 11) is 0. The molecule has 1 saturated carbocycles. The van der Waals surface area contributed by atoms with E-state index < -0.39 is 12.0 Å². The van der Waals surface area contributed by atoms with Gasteiger partial charge < -0.3 is 4.74 Å². The predicted octanol–water partition coefficient (Wildman–Crippen LogP) is 3.50. The van der Waals surface area contributed by atoms with Crippen molar-refractivity contribution in [2.75, 3.05) is 0 Å². The molecule has 6 nitrogen and oxygen atoms in total. The zero-order valence-electron chi connectivity index (χ0n) is 15.6. The van der Waals surface area contributed by atoms with Crippen molar-refractivity contribution in [3.8, 4) is 0 Å². The number of imide groups is 1. The molecule has 3 atom stereocenters. The summed E-state index contributed by atoms with van der Waals surface area (Å²) in [5, 5.41) is 1.15. The lowest BCUT2D eigenvalue weighted by atomic mass is 9.81. The highest BCUT2D eigenvalue weighted by molar-refractivity contribution is 6.30. The van der Waals surface area contributed by atoms with Crippen LogP contribution in [0.25, 0.3) is 10.9 Å². The standard InChI is InChI=1S/C21H21ClN2O4/c1-12(24-19(25)15-7-3-4-8-16(15)20(24)26)21(27)28-11-14-10-13-6-2-5-9-17(13)23-18(14)22/h2,5-6,9-10,12,15-16H,3-4,7-8,11H2,1H3/t12-,15-,16-/m0/s1. The third-order valence-corrected chi connectivity index (χ3v) is 6.05. The van der Waals surface area contributed by atoms with Gasteiger partial charge in [-0.2, -0.15) is 0 Å². The molecule has 1 aromatic heterocycles. The first-order chi connectivity index (χ1) is 13.5. The predicted molar refractivity (Wildman–Crippen MR) is 103 cm³/mol. The van der Waals surface area contributed by atoms with Gasteiger partial charge in [0.2, 0.25) is 11.8 Å². The maximum absolute atomic E-state index is 12.6. The number of halogens is 1. The molecule has 7 heteroatoms. The lowest BCUT2D eigenvalue weighted by Gasteiger charge is -2.21. The molecule has 2 amide bonds. The van der Waals surface area contributed by atoms with E-state index in [2.05, 4.69) is 4.98 Å². The highest BCUT2D eigenvalue weighted by atomic mass is 35.5. The van der Waals surface area contributed by atoms with Gasteiger partial charge in [0.1, 0.15) is 17.8 Å². The number of pyridine rings is 1. The molecule has 0 N–H and O–H groups in total. The van der Waals surface area contributed by atoms with Crippen LogP contribution in [-0.4, -0.2) is 33.7 Å². The molecule has 0 unspecified atom stereocenters. The van der Waals surface area contributed by atoms with E-state index in [-0.39, 0.29) is 35.4 Å². The van der Waals surface area contributed by atoms with Crippen LogP contribution in [-0.2, 0) is 25.7 Å². The van der Waals surface area contributed by atoms with Gasteiger partial charge in [0.25, 0.3) is 0 Å². The second-order valence-electron chi connectivity index (χ2n) is 7.46. The number of esters is 1. The summed E-state index contributed by atoms with van der Waals surface area (Å²) in [5.41, 5.74) is 1.33. The summed E-state index contributed by atoms with van der Waals surface area (Å²) in [4.78, 5) is 43.2. The van der Waals surface area contributed by atoms with Crippen molar-refractivity contribution in [3.05, 3.63) is 41.0 Å². The first kappa shape index (κ1) is 18.9. The van der Waals surface area contributed by atoms with E-state index in [9.17, 15) is 14.4 Å². The third kappa shape index (κ3) is 3.26. The van der Waals surface area contributed by atoms with Crippen LogP contribution in [0.4, 0.5) is 0 Å². The minimum atomic E-state index is -0.946. The van der Waals surface area contributed by atoms with E-state index in [0.717, 1.165) is 28.6 Å². The number of rotatable bonds is 4. The van der Waals surface area contributed by atoms with E-state index >= 15 is 0 Å². The van der Waals surface area contributed by atoms with Crippen LogP contribution in [0.3, 0.4) is 0 Å². The Hall–Kier alpha value is -2.47. The van der Waals surface area contributed by atoms with Crippen LogP contribution in [0.1, 0.15) is 38.2 Å². The Morgan fingerprint density at radius 3 is 2.54 bits per heavy atom. The number of aromatic nitrogens is 1. The fraction of sp³-hybridized carbons (Fsp3) is 0.429. The van der Waals surface area contributed by atoms with Gasteiger partial charge in [0.15, 0.2) is 0 Å². The molecule has 1 aromatic carbocycles. The fourth-order valence-corrected chi connectivity index (χ4v) is 4.38. The number of amides is 2. The van der Waals surface area contributed by atoms with Gasteiger partial charge in [-0.1, -0.05) is 42.6 Å².